The van der Waals surface area contributed by atoms with E-state index in [2.05, 4.69) is 23.3 Å². The Hall–Kier alpha value is -1.73. The average molecular weight is 376 g/mol. The number of carbonyl (C=O) groups excluding carboxylic acids is 2. The summed E-state index contributed by atoms with van der Waals surface area (Å²) >= 11 is 3.01. The van der Waals surface area contributed by atoms with Gasteiger partial charge in [0.1, 0.15) is 6.04 Å². The highest BCUT2D eigenvalue weighted by atomic mass is 32.1. The average Bonchev–Trinajstić information content (AvgIpc) is 3.33. The number of nitrogens with one attached hydrogen (secondary N) is 1. The first-order valence-electron chi connectivity index (χ1n) is 8.74. The SMILES string of the molecule is C[C@@H]1CCc2sc(C(=O)N3CCC[C@@H]3C(=O)Nc3nccs3)cc2C1. The molecule has 2 atom stereocenters. The third-order valence-corrected chi connectivity index (χ3v) is 6.93. The van der Waals surface area contributed by atoms with Crippen molar-refractivity contribution in [1.29, 1.82) is 0 Å². The second-order valence-electron chi connectivity index (χ2n) is 6.89. The molecular formula is C18H21N3O2S2. The maximum absolute atomic E-state index is 13.0. The fourth-order valence-electron chi connectivity index (χ4n) is 3.71. The quantitative estimate of drug-likeness (QED) is 0.892. The molecule has 0 spiro atoms. The molecule has 2 aromatic rings. The monoisotopic (exact) mass is 375 g/mol. The number of amides is 2. The van der Waals surface area contributed by atoms with Crippen LogP contribution in [0.15, 0.2) is 17.6 Å². The van der Waals surface area contributed by atoms with Gasteiger partial charge >= 0.3 is 0 Å². The molecule has 1 N–H and O–H groups in total. The maximum atomic E-state index is 13.0. The van der Waals surface area contributed by atoms with Crippen molar-refractivity contribution >= 4 is 39.6 Å². The van der Waals surface area contributed by atoms with Gasteiger partial charge in [0.25, 0.3) is 5.91 Å². The fraction of sp³-hybridized carbons (Fsp3) is 0.500. The molecule has 4 rings (SSSR count). The van der Waals surface area contributed by atoms with Crippen LogP contribution in [0.5, 0.6) is 0 Å². The third-order valence-electron chi connectivity index (χ3n) is 5.02. The Morgan fingerprint density at radius 1 is 1.36 bits per heavy atom. The predicted molar refractivity (Wildman–Crippen MR) is 100 cm³/mol. The number of hydrogen-bond acceptors (Lipinski definition) is 5. The molecule has 0 bridgehead atoms. The van der Waals surface area contributed by atoms with Crippen LogP contribution in [-0.2, 0) is 17.6 Å². The Kier molecular flexibility index (Phi) is 4.60. The first-order chi connectivity index (χ1) is 12.1. The van der Waals surface area contributed by atoms with Crippen molar-refractivity contribution in [3.63, 3.8) is 0 Å². The van der Waals surface area contributed by atoms with Crippen molar-refractivity contribution in [1.82, 2.24) is 9.88 Å². The zero-order valence-electron chi connectivity index (χ0n) is 14.2. The smallest absolute Gasteiger partial charge is 0.264 e. The van der Waals surface area contributed by atoms with Gasteiger partial charge in [-0.05, 0) is 49.7 Å². The summed E-state index contributed by atoms with van der Waals surface area (Å²) in [6, 6.07) is 1.67. The second kappa shape index (κ2) is 6.88. The van der Waals surface area contributed by atoms with Crippen LogP contribution in [0.1, 0.15) is 46.3 Å². The van der Waals surface area contributed by atoms with Crippen LogP contribution < -0.4 is 5.32 Å². The number of likely N-dealkylation sites (tertiary alicyclic amines) is 1. The lowest BCUT2D eigenvalue weighted by atomic mass is 9.90. The van der Waals surface area contributed by atoms with Crippen LogP contribution in [0, 0.1) is 5.92 Å². The molecule has 2 aliphatic rings. The van der Waals surface area contributed by atoms with Crippen LogP contribution in [-0.4, -0.2) is 34.3 Å². The minimum absolute atomic E-state index is 0.00356. The summed E-state index contributed by atoms with van der Waals surface area (Å²) in [6.07, 6.45) is 6.57. The Balaban J connectivity index is 1.50. The number of rotatable bonds is 3. The molecule has 0 radical (unpaired) electrons. The molecule has 1 aliphatic carbocycles. The molecule has 1 saturated heterocycles. The number of fused-ring (bicyclic) bond motifs is 1. The van der Waals surface area contributed by atoms with Crippen LogP contribution in [0.3, 0.4) is 0 Å². The van der Waals surface area contributed by atoms with Crippen molar-refractivity contribution in [2.45, 2.75) is 45.1 Å². The highest BCUT2D eigenvalue weighted by Crippen LogP contribution is 2.34. The molecule has 132 valence electrons. The lowest BCUT2D eigenvalue weighted by Gasteiger charge is -2.22. The largest absolute Gasteiger partial charge is 0.326 e. The number of carbonyl (C=O) groups is 2. The van der Waals surface area contributed by atoms with E-state index in [9.17, 15) is 9.59 Å². The molecule has 0 saturated carbocycles. The summed E-state index contributed by atoms with van der Waals surface area (Å²) in [5.74, 6) is 0.563. The standard InChI is InChI=1S/C18H21N3O2S2/c1-11-4-5-14-12(9-11)10-15(25-14)17(23)21-7-2-3-13(21)16(22)20-18-19-6-8-24-18/h6,8,10-11,13H,2-5,7,9H2,1H3,(H,19,20,22)/t11-,13-/m1/s1. The first-order valence-corrected chi connectivity index (χ1v) is 10.4. The van der Waals surface area contributed by atoms with Gasteiger partial charge in [0.15, 0.2) is 5.13 Å². The highest BCUT2D eigenvalue weighted by molar-refractivity contribution is 7.14. The first kappa shape index (κ1) is 16.7. The molecule has 5 nitrogen and oxygen atoms in total. The molecule has 7 heteroatoms. The van der Waals surface area contributed by atoms with E-state index in [1.165, 1.54) is 28.2 Å². The van der Waals surface area contributed by atoms with Gasteiger partial charge in [0, 0.05) is 23.0 Å². The number of anilines is 1. The summed E-state index contributed by atoms with van der Waals surface area (Å²) in [5, 5.41) is 5.24. The Labute approximate surface area is 155 Å². The van der Waals surface area contributed by atoms with E-state index < -0.39 is 6.04 Å². The highest BCUT2D eigenvalue weighted by Gasteiger charge is 2.36. The molecule has 2 aromatic heterocycles. The van der Waals surface area contributed by atoms with E-state index in [0.29, 0.717) is 24.0 Å². The van der Waals surface area contributed by atoms with E-state index in [1.54, 1.807) is 22.4 Å². The van der Waals surface area contributed by atoms with Gasteiger partial charge in [0.05, 0.1) is 4.88 Å². The molecular weight excluding hydrogens is 354 g/mol. The van der Waals surface area contributed by atoms with E-state index in [1.807, 2.05) is 5.38 Å². The number of nitrogens with zero attached hydrogens (tertiary/aromatic N) is 2. The van der Waals surface area contributed by atoms with Gasteiger partial charge in [-0.15, -0.1) is 22.7 Å². The van der Waals surface area contributed by atoms with E-state index in [0.717, 1.165) is 24.1 Å². The third kappa shape index (κ3) is 3.35. The Morgan fingerprint density at radius 3 is 3.04 bits per heavy atom. The molecule has 2 amide bonds. The molecule has 1 fully saturated rings. The molecule has 0 unspecified atom stereocenters. The maximum Gasteiger partial charge on any atom is 0.264 e. The normalized spacial score (nSPS) is 22.7. The summed E-state index contributed by atoms with van der Waals surface area (Å²) in [4.78, 5) is 33.5. The summed E-state index contributed by atoms with van der Waals surface area (Å²) in [6.45, 7) is 2.91. The van der Waals surface area contributed by atoms with Crippen LogP contribution in [0.2, 0.25) is 0 Å². The summed E-state index contributed by atoms with van der Waals surface area (Å²) < 4.78 is 0. The van der Waals surface area contributed by atoms with E-state index in [-0.39, 0.29) is 11.8 Å². The van der Waals surface area contributed by atoms with Gasteiger partial charge in [-0.3, -0.25) is 9.59 Å². The fourth-order valence-corrected chi connectivity index (χ4v) is 5.41. The second-order valence-corrected chi connectivity index (χ2v) is 8.92. The van der Waals surface area contributed by atoms with Crippen molar-refractivity contribution in [2.75, 3.05) is 11.9 Å². The minimum Gasteiger partial charge on any atom is -0.326 e. The predicted octanol–water partition coefficient (Wildman–Crippen LogP) is 3.57. The van der Waals surface area contributed by atoms with Crippen molar-refractivity contribution < 1.29 is 9.59 Å². The number of thiazole rings is 1. The van der Waals surface area contributed by atoms with Crippen LogP contribution in [0.4, 0.5) is 5.13 Å². The topological polar surface area (TPSA) is 62.3 Å². The number of aryl methyl sites for hydroxylation is 1. The van der Waals surface area contributed by atoms with Crippen LogP contribution in [0.25, 0.3) is 0 Å². The van der Waals surface area contributed by atoms with Gasteiger partial charge in [0.2, 0.25) is 5.91 Å². The van der Waals surface area contributed by atoms with E-state index in [4.69, 9.17) is 0 Å². The van der Waals surface area contributed by atoms with E-state index >= 15 is 0 Å². The molecule has 3 heterocycles. The summed E-state index contributed by atoms with van der Waals surface area (Å²) in [7, 11) is 0. The van der Waals surface area contributed by atoms with Gasteiger partial charge < -0.3 is 10.2 Å². The summed E-state index contributed by atoms with van der Waals surface area (Å²) in [5.41, 5.74) is 1.33. The van der Waals surface area contributed by atoms with Crippen molar-refractivity contribution in [3.8, 4) is 0 Å². The minimum atomic E-state index is -0.394. The van der Waals surface area contributed by atoms with Gasteiger partial charge in [-0.25, -0.2) is 4.98 Å². The zero-order chi connectivity index (χ0) is 17.4. The number of aromatic nitrogens is 1. The zero-order valence-corrected chi connectivity index (χ0v) is 15.8. The Morgan fingerprint density at radius 2 is 2.24 bits per heavy atom. The molecule has 0 aromatic carbocycles. The number of thiophene rings is 1. The number of hydrogen-bond donors (Lipinski definition) is 1. The van der Waals surface area contributed by atoms with Gasteiger partial charge in [-0.1, -0.05) is 6.92 Å². The van der Waals surface area contributed by atoms with Crippen LogP contribution >= 0.6 is 22.7 Å². The van der Waals surface area contributed by atoms with Crippen molar-refractivity contribution in [3.05, 3.63) is 33.0 Å². The lowest BCUT2D eigenvalue weighted by molar-refractivity contribution is -0.119. The Bertz CT molecular complexity index is 784. The molecule has 25 heavy (non-hydrogen) atoms. The van der Waals surface area contributed by atoms with Gasteiger partial charge in [-0.2, -0.15) is 0 Å². The van der Waals surface area contributed by atoms with Crippen molar-refractivity contribution in [2.24, 2.45) is 5.92 Å². The molecule has 1 aliphatic heterocycles. The lowest BCUT2D eigenvalue weighted by Crippen LogP contribution is -2.42.